The lowest BCUT2D eigenvalue weighted by Crippen LogP contribution is -2.64. The molecule has 1 aliphatic carbocycles. The molecule has 1 amide bonds. The first-order valence-corrected chi connectivity index (χ1v) is 12.1. The monoisotopic (exact) mass is 451 g/mol. The van der Waals surface area contributed by atoms with E-state index < -0.39 is 0 Å². The fourth-order valence-corrected chi connectivity index (χ4v) is 6.03. The van der Waals surface area contributed by atoms with Crippen molar-refractivity contribution in [2.75, 3.05) is 31.1 Å². The first kappa shape index (κ1) is 22.2. The highest BCUT2D eigenvalue weighted by Gasteiger charge is 2.54. The van der Waals surface area contributed by atoms with Gasteiger partial charge in [-0.2, -0.15) is 0 Å². The number of carbonyl (C=O) groups excluding carboxylic acids is 1. The summed E-state index contributed by atoms with van der Waals surface area (Å²) in [5.74, 6) is -0.185. The quantitative estimate of drug-likeness (QED) is 0.667. The maximum absolute atomic E-state index is 13.7. The zero-order valence-corrected chi connectivity index (χ0v) is 19.8. The predicted molar refractivity (Wildman–Crippen MR) is 128 cm³/mol. The summed E-state index contributed by atoms with van der Waals surface area (Å²) in [6.45, 7) is 10.5. The summed E-state index contributed by atoms with van der Waals surface area (Å²) in [5, 5.41) is 0. The third-order valence-electron chi connectivity index (χ3n) is 7.59. The van der Waals surface area contributed by atoms with Crippen molar-refractivity contribution in [2.45, 2.75) is 58.3 Å². The van der Waals surface area contributed by atoms with E-state index in [1.807, 2.05) is 17.0 Å². The number of benzene rings is 2. The SMILES string of the molecule is Cc1cc(N2C[C@@H](C)N(C(=O)OC3CC4(C3)CN(Cc3ccccc3)C4)[C@@H](C)C2)ccc1F. The number of hydrogen-bond donors (Lipinski definition) is 0. The Morgan fingerprint density at radius 3 is 2.36 bits per heavy atom. The molecule has 0 unspecified atom stereocenters. The Hall–Kier alpha value is -2.60. The van der Waals surface area contributed by atoms with E-state index >= 15 is 0 Å². The number of carbonyl (C=O) groups is 1. The van der Waals surface area contributed by atoms with Crippen molar-refractivity contribution in [2.24, 2.45) is 5.41 Å². The van der Waals surface area contributed by atoms with Crippen molar-refractivity contribution in [3.05, 3.63) is 65.5 Å². The maximum Gasteiger partial charge on any atom is 0.410 e. The second-order valence-electron chi connectivity index (χ2n) is 10.5. The van der Waals surface area contributed by atoms with Crippen molar-refractivity contribution in [3.8, 4) is 0 Å². The minimum absolute atomic E-state index is 0.0331. The Morgan fingerprint density at radius 2 is 1.73 bits per heavy atom. The van der Waals surface area contributed by atoms with Crippen LogP contribution in [-0.4, -0.2) is 60.3 Å². The average Bonchev–Trinajstić information content (AvgIpc) is 2.73. The van der Waals surface area contributed by atoms with Crippen LogP contribution >= 0.6 is 0 Å². The predicted octanol–water partition coefficient (Wildman–Crippen LogP) is 4.83. The van der Waals surface area contributed by atoms with Crippen LogP contribution in [0.5, 0.6) is 0 Å². The highest BCUT2D eigenvalue weighted by atomic mass is 19.1. The number of ether oxygens (including phenoxy) is 1. The molecule has 0 N–H and O–H groups in total. The molecule has 5 rings (SSSR count). The molecule has 2 heterocycles. The summed E-state index contributed by atoms with van der Waals surface area (Å²) in [6, 6.07) is 15.9. The molecule has 2 atom stereocenters. The summed E-state index contributed by atoms with van der Waals surface area (Å²) >= 11 is 0. The van der Waals surface area contributed by atoms with Gasteiger partial charge >= 0.3 is 6.09 Å². The second-order valence-corrected chi connectivity index (χ2v) is 10.5. The van der Waals surface area contributed by atoms with Gasteiger partial charge in [-0.25, -0.2) is 9.18 Å². The smallest absolute Gasteiger partial charge is 0.410 e. The van der Waals surface area contributed by atoms with E-state index in [4.69, 9.17) is 4.74 Å². The molecule has 2 saturated heterocycles. The zero-order chi connectivity index (χ0) is 23.2. The standard InChI is InChI=1S/C27H34FN3O2/c1-19-11-23(9-10-25(19)28)30-14-20(2)31(21(3)15-30)26(32)33-24-12-27(13-24)17-29(18-27)16-22-7-5-4-6-8-22/h4-11,20-21,24H,12-18H2,1-3H3/t20-,21+. The number of piperazine rings is 1. The van der Waals surface area contributed by atoms with Gasteiger partial charge in [0.25, 0.3) is 0 Å². The Morgan fingerprint density at radius 1 is 1.06 bits per heavy atom. The number of amides is 1. The third kappa shape index (κ3) is 4.45. The van der Waals surface area contributed by atoms with Crippen LogP contribution in [0.4, 0.5) is 14.9 Å². The number of nitrogens with zero attached hydrogens (tertiary/aromatic N) is 3. The third-order valence-corrected chi connectivity index (χ3v) is 7.59. The van der Waals surface area contributed by atoms with E-state index in [1.165, 1.54) is 11.6 Å². The van der Waals surface area contributed by atoms with Gasteiger partial charge in [-0.05, 0) is 62.9 Å². The lowest BCUT2D eigenvalue weighted by Gasteiger charge is -2.58. The number of aryl methyl sites for hydroxylation is 1. The van der Waals surface area contributed by atoms with Crippen molar-refractivity contribution in [1.82, 2.24) is 9.80 Å². The fraction of sp³-hybridized carbons (Fsp3) is 0.519. The van der Waals surface area contributed by atoms with Crippen molar-refractivity contribution >= 4 is 11.8 Å². The van der Waals surface area contributed by atoms with Gasteiger partial charge in [0, 0.05) is 43.8 Å². The van der Waals surface area contributed by atoms with Crippen molar-refractivity contribution in [3.63, 3.8) is 0 Å². The Kier molecular flexibility index (Phi) is 5.81. The maximum atomic E-state index is 13.7. The van der Waals surface area contributed by atoms with Gasteiger partial charge in [0.05, 0.1) is 12.1 Å². The largest absolute Gasteiger partial charge is 0.446 e. The van der Waals surface area contributed by atoms with E-state index in [-0.39, 0.29) is 30.1 Å². The summed E-state index contributed by atoms with van der Waals surface area (Å²) in [5.41, 5.74) is 3.35. The normalized spacial score (nSPS) is 25.0. The molecule has 0 radical (unpaired) electrons. The molecule has 2 aromatic carbocycles. The molecule has 1 saturated carbocycles. The molecule has 1 spiro atoms. The minimum atomic E-state index is -0.190. The number of rotatable bonds is 4. The van der Waals surface area contributed by atoms with Gasteiger partial charge in [-0.3, -0.25) is 9.80 Å². The summed E-state index contributed by atoms with van der Waals surface area (Å²) in [4.78, 5) is 19.6. The van der Waals surface area contributed by atoms with Crippen LogP contribution in [0.25, 0.3) is 0 Å². The van der Waals surface area contributed by atoms with Crippen LogP contribution in [0.3, 0.4) is 0 Å². The van der Waals surface area contributed by atoms with Crippen LogP contribution in [0.1, 0.15) is 37.8 Å². The second kappa shape index (κ2) is 8.64. The van der Waals surface area contributed by atoms with Crippen molar-refractivity contribution < 1.29 is 13.9 Å². The molecular weight excluding hydrogens is 417 g/mol. The molecule has 3 aliphatic rings. The van der Waals surface area contributed by atoms with Crippen LogP contribution in [-0.2, 0) is 11.3 Å². The molecule has 0 bridgehead atoms. The van der Waals surface area contributed by atoms with Gasteiger partial charge in [0.15, 0.2) is 0 Å². The van der Waals surface area contributed by atoms with Crippen LogP contribution in [0.15, 0.2) is 48.5 Å². The van der Waals surface area contributed by atoms with Gasteiger partial charge in [-0.15, -0.1) is 0 Å². The lowest BCUT2D eigenvalue weighted by molar-refractivity contribution is -0.137. The average molecular weight is 452 g/mol. The molecule has 0 aromatic heterocycles. The number of hydrogen-bond acceptors (Lipinski definition) is 4. The van der Waals surface area contributed by atoms with Gasteiger partial charge < -0.3 is 9.64 Å². The van der Waals surface area contributed by atoms with Crippen LogP contribution < -0.4 is 4.90 Å². The zero-order valence-electron chi connectivity index (χ0n) is 19.8. The molecule has 6 heteroatoms. The Balaban J connectivity index is 1.10. The Bertz CT molecular complexity index is 988. The number of anilines is 1. The van der Waals surface area contributed by atoms with Gasteiger partial charge in [0.1, 0.15) is 11.9 Å². The lowest BCUT2D eigenvalue weighted by atomic mass is 9.61. The van der Waals surface area contributed by atoms with E-state index in [9.17, 15) is 9.18 Å². The highest BCUT2D eigenvalue weighted by molar-refractivity contribution is 5.69. The molecule has 5 nitrogen and oxygen atoms in total. The molecule has 33 heavy (non-hydrogen) atoms. The summed E-state index contributed by atoms with van der Waals surface area (Å²) in [7, 11) is 0. The number of likely N-dealkylation sites (tertiary alicyclic amines) is 1. The highest BCUT2D eigenvalue weighted by Crippen LogP contribution is 2.50. The van der Waals surface area contributed by atoms with Gasteiger partial charge in [-0.1, -0.05) is 30.3 Å². The molecule has 3 fully saturated rings. The summed E-state index contributed by atoms with van der Waals surface area (Å²) in [6.07, 6.45) is 1.79. The van der Waals surface area contributed by atoms with E-state index in [0.717, 1.165) is 38.2 Å². The molecule has 2 aromatic rings. The number of halogens is 1. The van der Waals surface area contributed by atoms with Crippen molar-refractivity contribution in [1.29, 1.82) is 0 Å². The fourth-order valence-electron chi connectivity index (χ4n) is 6.03. The molecule has 176 valence electrons. The molecule has 2 aliphatic heterocycles. The van der Waals surface area contributed by atoms with E-state index in [0.29, 0.717) is 24.1 Å². The topological polar surface area (TPSA) is 36.0 Å². The first-order valence-electron chi connectivity index (χ1n) is 12.1. The van der Waals surface area contributed by atoms with E-state index in [2.05, 4.69) is 54.0 Å². The minimum Gasteiger partial charge on any atom is -0.446 e. The van der Waals surface area contributed by atoms with Crippen LogP contribution in [0.2, 0.25) is 0 Å². The first-order chi connectivity index (χ1) is 15.8. The van der Waals surface area contributed by atoms with E-state index in [1.54, 1.807) is 6.92 Å². The Labute approximate surface area is 196 Å². The van der Waals surface area contributed by atoms with Crippen LogP contribution in [0, 0.1) is 18.2 Å². The van der Waals surface area contributed by atoms with Gasteiger partial charge in [0.2, 0.25) is 0 Å². The molecular formula is C27H34FN3O2. The summed E-state index contributed by atoms with van der Waals surface area (Å²) < 4.78 is 19.6.